The van der Waals surface area contributed by atoms with E-state index >= 15 is 0 Å². The Morgan fingerprint density at radius 2 is 1.92 bits per heavy atom. The van der Waals surface area contributed by atoms with Crippen LogP contribution in [0.2, 0.25) is 0 Å². The summed E-state index contributed by atoms with van der Waals surface area (Å²) in [4.78, 5) is 0. The Morgan fingerprint density at radius 3 is 2.52 bits per heavy atom. The minimum Gasteiger partial charge on any atom is -0.310 e. The number of piperidine rings is 1. The standard InChI is InChI=1S/C16H24N6O2S/c1-2-25(23,24)21-10-6-13(7-11-21)16-19-18-15(22(16)14-4-5-14)12-20-9-3-8-17-20/h3,8-9,13-14H,2,4-7,10-12H2,1H3. The molecule has 1 saturated heterocycles. The van der Waals surface area contributed by atoms with Crippen molar-refractivity contribution in [1.82, 2.24) is 28.9 Å². The first-order valence-corrected chi connectivity index (χ1v) is 10.6. The molecule has 4 rings (SSSR count). The number of sulfonamides is 1. The van der Waals surface area contributed by atoms with Crippen molar-refractivity contribution in [3.63, 3.8) is 0 Å². The van der Waals surface area contributed by atoms with Gasteiger partial charge < -0.3 is 4.57 Å². The third-order valence-electron chi connectivity index (χ3n) is 5.14. The second kappa shape index (κ2) is 6.53. The molecule has 0 radical (unpaired) electrons. The van der Waals surface area contributed by atoms with Gasteiger partial charge in [0.1, 0.15) is 12.4 Å². The van der Waals surface area contributed by atoms with Crippen LogP contribution in [0.4, 0.5) is 0 Å². The van der Waals surface area contributed by atoms with Gasteiger partial charge in [-0.2, -0.15) is 5.10 Å². The largest absolute Gasteiger partial charge is 0.310 e. The molecule has 0 unspecified atom stereocenters. The highest BCUT2D eigenvalue weighted by molar-refractivity contribution is 7.89. The molecule has 1 aliphatic heterocycles. The van der Waals surface area contributed by atoms with Crippen LogP contribution in [-0.4, -0.2) is 56.1 Å². The molecule has 2 aliphatic rings. The lowest BCUT2D eigenvalue weighted by molar-refractivity contribution is 0.309. The Labute approximate surface area is 147 Å². The minimum atomic E-state index is -3.09. The van der Waals surface area contributed by atoms with Crippen molar-refractivity contribution in [3.05, 3.63) is 30.1 Å². The van der Waals surface area contributed by atoms with Crippen molar-refractivity contribution in [3.8, 4) is 0 Å². The summed E-state index contributed by atoms with van der Waals surface area (Å²) in [6, 6.07) is 2.40. The fourth-order valence-electron chi connectivity index (χ4n) is 3.57. The van der Waals surface area contributed by atoms with E-state index in [4.69, 9.17) is 0 Å². The Bertz CT molecular complexity index is 817. The summed E-state index contributed by atoms with van der Waals surface area (Å²) in [6.45, 7) is 3.48. The van der Waals surface area contributed by atoms with Crippen molar-refractivity contribution in [1.29, 1.82) is 0 Å². The van der Waals surface area contributed by atoms with Crippen LogP contribution in [0.5, 0.6) is 0 Å². The van der Waals surface area contributed by atoms with Crippen LogP contribution < -0.4 is 0 Å². The average molecular weight is 364 g/mol. The van der Waals surface area contributed by atoms with Crippen LogP contribution in [0.25, 0.3) is 0 Å². The fraction of sp³-hybridized carbons (Fsp3) is 0.688. The van der Waals surface area contributed by atoms with Gasteiger partial charge in [0.25, 0.3) is 0 Å². The Morgan fingerprint density at radius 1 is 1.16 bits per heavy atom. The highest BCUT2D eigenvalue weighted by Crippen LogP contribution is 2.40. The van der Waals surface area contributed by atoms with Crippen LogP contribution in [-0.2, 0) is 16.6 Å². The fourth-order valence-corrected chi connectivity index (χ4v) is 4.70. The molecule has 9 heteroatoms. The molecule has 2 aromatic rings. The summed E-state index contributed by atoms with van der Waals surface area (Å²) in [5.41, 5.74) is 0. The molecule has 1 aliphatic carbocycles. The molecule has 136 valence electrons. The van der Waals surface area contributed by atoms with Gasteiger partial charge in [-0.25, -0.2) is 12.7 Å². The van der Waals surface area contributed by atoms with Crippen LogP contribution in [0.1, 0.15) is 56.2 Å². The highest BCUT2D eigenvalue weighted by Gasteiger charge is 2.35. The van der Waals surface area contributed by atoms with Gasteiger partial charge in [-0.05, 0) is 38.7 Å². The van der Waals surface area contributed by atoms with Crippen LogP contribution in [0, 0.1) is 0 Å². The second-order valence-electron chi connectivity index (χ2n) is 6.85. The van der Waals surface area contributed by atoms with Gasteiger partial charge in [0, 0.05) is 37.4 Å². The molecule has 3 heterocycles. The molecular formula is C16H24N6O2S. The number of hydrogen-bond acceptors (Lipinski definition) is 5. The predicted octanol–water partition coefficient (Wildman–Crippen LogP) is 1.39. The topological polar surface area (TPSA) is 85.9 Å². The summed E-state index contributed by atoms with van der Waals surface area (Å²) in [6.07, 6.45) is 7.65. The Kier molecular flexibility index (Phi) is 4.36. The summed E-state index contributed by atoms with van der Waals surface area (Å²) >= 11 is 0. The molecule has 0 aromatic carbocycles. The summed E-state index contributed by atoms with van der Waals surface area (Å²) in [5, 5.41) is 13.2. The lowest BCUT2D eigenvalue weighted by atomic mass is 9.97. The third-order valence-corrected chi connectivity index (χ3v) is 7.03. The van der Waals surface area contributed by atoms with E-state index in [2.05, 4.69) is 19.9 Å². The zero-order chi connectivity index (χ0) is 17.4. The van der Waals surface area contributed by atoms with Gasteiger partial charge in [-0.3, -0.25) is 4.68 Å². The average Bonchev–Trinajstić information content (AvgIpc) is 3.17. The normalized spacial score (nSPS) is 20.2. The summed E-state index contributed by atoms with van der Waals surface area (Å²) in [5.74, 6) is 2.43. The van der Waals surface area contributed by atoms with E-state index in [0.29, 0.717) is 25.7 Å². The molecule has 1 saturated carbocycles. The summed E-state index contributed by atoms with van der Waals surface area (Å²) < 4.78 is 29.9. The SMILES string of the molecule is CCS(=O)(=O)N1CCC(c2nnc(Cn3cccn3)n2C2CC2)CC1. The van der Waals surface area contributed by atoms with E-state index in [1.54, 1.807) is 17.4 Å². The number of nitrogens with zero attached hydrogens (tertiary/aromatic N) is 6. The molecule has 2 aromatic heterocycles. The van der Waals surface area contributed by atoms with Crippen LogP contribution in [0.3, 0.4) is 0 Å². The maximum Gasteiger partial charge on any atom is 0.213 e. The lowest BCUT2D eigenvalue weighted by Gasteiger charge is -2.30. The number of rotatable bonds is 6. The van der Waals surface area contributed by atoms with Gasteiger partial charge >= 0.3 is 0 Å². The van der Waals surface area contributed by atoms with Crippen LogP contribution >= 0.6 is 0 Å². The molecule has 0 spiro atoms. The smallest absolute Gasteiger partial charge is 0.213 e. The molecule has 2 fully saturated rings. The zero-order valence-corrected chi connectivity index (χ0v) is 15.3. The molecule has 25 heavy (non-hydrogen) atoms. The van der Waals surface area contributed by atoms with E-state index in [-0.39, 0.29) is 11.7 Å². The first-order valence-electron chi connectivity index (χ1n) is 8.97. The maximum atomic E-state index is 12.0. The van der Waals surface area contributed by atoms with E-state index in [0.717, 1.165) is 24.5 Å². The number of hydrogen-bond donors (Lipinski definition) is 0. The van der Waals surface area contributed by atoms with Crippen LogP contribution in [0.15, 0.2) is 18.5 Å². The summed E-state index contributed by atoms with van der Waals surface area (Å²) in [7, 11) is -3.09. The lowest BCUT2D eigenvalue weighted by Crippen LogP contribution is -2.39. The van der Waals surface area contributed by atoms with Crippen molar-refractivity contribution in [2.75, 3.05) is 18.8 Å². The molecule has 8 nitrogen and oxygen atoms in total. The predicted molar refractivity (Wildman–Crippen MR) is 92.6 cm³/mol. The van der Waals surface area contributed by atoms with Gasteiger partial charge in [-0.15, -0.1) is 10.2 Å². The van der Waals surface area contributed by atoms with Crippen molar-refractivity contribution in [2.24, 2.45) is 0 Å². The molecule has 0 atom stereocenters. The Hall–Kier alpha value is -1.74. The van der Waals surface area contributed by atoms with E-state index < -0.39 is 10.0 Å². The van der Waals surface area contributed by atoms with Crippen molar-refractivity contribution >= 4 is 10.0 Å². The van der Waals surface area contributed by atoms with E-state index in [1.165, 1.54) is 12.8 Å². The molecule has 0 amide bonds. The quantitative estimate of drug-likeness (QED) is 0.773. The second-order valence-corrected chi connectivity index (χ2v) is 9.11. The van der Waals surface area contributed by atoms with E-state index in [1.807, 2.05) is 16.9 Å². The maximum absolute atomic E-state index is 12.0. The first kappa shape index (κ1) is 16.7. The molecule has 0 N–H and O–H groups in total. The van der Waals surface area contributed by atoms with Gasteiger partial charge in [0.15, 0.2) is 5.82 Å². The minimum absolute atomic E-state index is 0.171. The van der Waals surface area contributed by atoms with Crippen molar-refractivity contribution in [2.45, 2.75) is 51.1 Å². The molecular weight excluding hydrogens is 340 g/mol. The van der Waals surface area contributed by atoms with Gasteiger partial charge in [-0.1, -0.05) is 0 Å². The van der Waals surface area contributed by atoms with E-state index in [9.17, 15) is 8.42 Å². The highest BCUT2D eigenvalue weighted by atomic mass is 32.2. The zero-order valence-electron chi connectivity index (χ0n) is 14.5. The van der Waals surface area contributed by atoms with Gasteiger partial charge in [0.05, 0.1) is 5.75 Å². The van der Waals surface area contributed by atoms with Gasteiger partial charge in [0.2, 0.25) is 10.0 Å². The first-order chi connectivity index (χ1) is 12.1. The monoisotopic (exact) mass is 364 g/mol. The van der Waals surface area contributed by atoms with Crippen molar-refractivity contribution < 1.29 is 8.42 Å². The Balaban J connectivity index is 1.52. The number of aromatic nitrogens is 5. The third kappa shape index (κ3) is 3.35. The molecule has 0 bridgehead atoms.